The lowest BCUT2D eigenvalue weighted by Crippen LogP contribution is -2.28. The van der Waals surface area contributed by atoms with E-state index in [4.69, 9.17) is 0 Å². The Balaban J connectivity index is 1.77. The highest BCUT2D eigenvalue weighted by Gasteiger charge is 2.04. The van der Waals surface area contributed by atoms with Crippen LogP contribution in [0.2, 0.25) is 0 Å². The van der Waals surface area contributed by atoms with Crippen LogP contribution in [0.4, 0.5) is 11.4 Å². The van der Waals surface area contributed by atoms with E-state index in [2.05, 4.69) is 88.4 Å². The molecule has 0 spiro atoms. The summed E-state index contributed by atoms with van der Waals surface area (Å²) in [4.78, 5) is 2.12. The van der Waals surface area contributed by atoms with E-state index in [0.29, 0.717) is 0 Å². The topological polar surface area (TPSA) is 27.3 Å². The van der Waals surface area contributed by atoms with E-state index in [-0.39, 0.29) is 0 Å². The highest BCUT2D eigenvalue weighted by atomic mass is 15.1. The van der Waals surface area contributed by atoms with Crippen LogP contribution in [0.1, 0.15) is 33.4 Å². The lowest BCUT2D eigenvalue weighted by molar-refractivity contribution is 0.398. The Morgan fingerprint density at radius 2 is 0.962 bits per heavy atom. The van der Waals surface area contributed by atoms with Crippen molar-refractivity contribution in [3.8, 4) is 0 Å². The van der Waals surface area contributed by atoms with Crippen molar-refractivity contribution in [2.45, 2.75) is 41.5 Å². The third-order valence-corrected chi connectivity index (χ3v) is 4.81. The van der Waals surface area contributed by atoms with Crippen LogP contribution in [0.25, 0.3) is 0 Å². The Bertz CT molecular complexity index is 640. The largest absolute Gasteiger partial charge is 0.456 e. The third-order valence-electron chi connectivity index (χ3n) is 4.81. The molecule has 142 valence electrons. The summed E-state index contributed by atoms with van der Waals surface area (Å²) in [5.41, 5.74) is 10.4. The number of aryl methyl sites for hydroxylation is 6. The van der Waals surface area contributed by atoms with E-state index in [1.807, 2.05) is 0 Å². The van der Waals surface area contributed by atoms with Crippen molar-refractivity contribution in [1.82, 2.24) is 4.90 Å². The van der Waals surface area contributed by atoms with E-state index in [1.54, 1.807) is 0 Å². The van der Waals surface area contributed by atoms with E-state index in [1.165, 1.54) is 44.8 Å². The molecule has 0 bridgehead atoms. The molecule has 0 saturated carbocycles. The van der Waals surface area contributed by atoms with Crippen LogP contribution in [-0.2, 0) is 0 Å². The van der Waals surface area contributed by atoms with E-state index >= 15 is 0 Å². The van der Waals surface area contributed by atoms with E-state index < -0.39 is 0 Å². The van der Waals surface area contributed by atoms with Crippen molar-refractivity contribution >= 4 is 11.4 Å². The van der Waals surface area contributed by atoms with Gasteiger partial charge in [0.2, 0.25) is 0 Å². The fourth-order valence-electron chi connectivity index (χ4n) is 3.71. The standard InChI is InChI=1S/C23H34N3/c1-16-12-18(3)22(19(4)13-16)24-8-10-26(7)11-9-25-23-20(5)14-17(2)15-21(23)6/h12-15,24-25H,7-11H2,1-6H3/q-1. The van der Waals surface area contributed by atoms with Crippen molar-refractivity contribution in [1.29, 1.82) is 0 Å². The molecular formula is C23H34N3-. The smallest absolute Gasteiger partial charge is 0.0400 e. The Kier molecular flexibility index (Phi) is 7.10. The van der Waals surface area contributed by atoms with Crippen LogP contribution in [0, 0.1) is 48.6 Å². The molecule has 2 N–H and O–H groups in total. The average Bonchev–Trinajstić information content (AvgIpc) is 2.52. The molecule has 0 amide bonds. The van der Waals surface area contributed by atoms with Gasteiger partial charge in [-0.3, -0.25) is 7.05 Å². The number of hydrogen-bond acceptors (Lipinski definition) is 3. The van der Waals surface area contributed by atoms with Crippen molar-refractivity contribution in [3.63, 3.8) is 0 Å². The van der Waals surface area contributed by atoms with Gasteiger partial charge in [0.05, 0.1) is 0 Å². The molecule has 3 heteroatoms. The zero-order valence-corrected chi connectivity index (χ0v) is 17.3. The molecule has 0 atom stereocenters. The number of anilines is 2. The fourth-order valence-corrected chi connectivity index (χ4v) is 3.71. The molecule has 0 aromatic heterocycles. The molecular weight excluding hydrogens is 318 g/mol. The van der Waals surface area contributed by atoms with Crippen molar-refractivity contribution in [2.75, 3.05) is 36.8 Å². The van der Waals surface area contributed by atoms with Crippen LogP contribution < -0.4 is 10.6 Å². The molecule has 0 fully saturated rings. The highest BCUT2D eigenvalue weighted by Crippen LogP contribution is 2.22. The predicted octanol–water partition coefficient (Wildman–Crippen LogP) is 5.15. The van der Waals surface area contributed by atoms with Gasteiger partial charge in [0, 0.05) is 24.5 Å². The minimum absolute atomic E-state index is 0.900. The third kappa shape index (κ3) is 5.50. The summed E-state index contributed by atoms with van der Waals surface area (Å²) in [5, 5.41) is 7.14. The first-order chi connectivity index (χ1) is 12.3. The van der Waals surface area contributed by atoms with E-state index in [0.717, 1.165) is 26.2 Å². The zero-order valence-electron chi connectivity index (χ0n) is 17.3. The van der Waals surface area contributed by atoms with Gasteiger partial charge in [-0.25, -0.2) is 0 Å². The lowest BCUT2D eigenvalue weighted by Gasteiger charge is -2.26. The highest BCUT2D eigenvalue weighted by molar-refractivity contribution is 5.59. The summed E-state index contributed by atoms with van der Waals surface area (Å²) in [5.74, 6) is 0. The summed E-state index contributed by atoms with van der Waals surface area (Å²) < 4.78 is 0. The van der Waals surface area contributed by atoms with Gasteiger partial charge in [0.15, 0.2) is 0 Å². The molecule has 0 heterocycles. The molecule has 0 radical (unpaired) electrons. The summed E-state index contributed by atoms with van der Waals surface area (Å²) in [6.45, 7) is 16.6. The van der Waals surface area contributed by atoms with Gasteiger partial charge < -0.3 is 15.5 Å². The molecule has 0 saturated heterocycles. The van der Waals surface area contributed by atoms with Crippen molar-refractivity contribution in [2.24, 2.45) is 0 Å². The van der Waals surface area contributed by atoms with Gasteiger partial charge in [-0.2, -0.15) is 0 Å². The second-order valence-electron chi connectivity index (χ2n) is 7.52. The van der Waals surface area contributed by atoms with Gasteiger partial charge in [-0.1, -0.05) is 35.4 Å². The second kappa shape index (κ2) is 9.09. The maximum Gasteiger partial charge on any atom is 0.0400 e. The predicted molar refractivity (Wildman–Crippen MR) is 115 cm³/mol. The molecule has 2 rings (SSSR count). The van der Waals surface area contributed by atoms with Gasteiger partial charge >= 0.3 is 0 Å². The van der Waals surface area contributed by atoms with Crippen molar-refractivity contribution in [3.05, 3.63) is 64.7 Å². The van der Waals surface area contributed by atoms with Gasteiger partial charge in [0.1, 0.15) is 0 Å². The van der Waals surface area contributed by atoms with Crippen LogP contribution >= 0.6 is 0 Å². The first-order valence-electron chi connectivity index (χ1n) is 9.47. The molecule has 2 aromatic carbocycles. The van der Waals surface area contributed by atoms with Gasteiger partial charge in [-0.15, -0.1) is 0 Å². The zero-order chi connectivity index (χ0) is 19.3. The van der Waals surface area contributed by atoms with E-state index in [9.17, 15) is 0 Å². The molecule has 26 heavy (non-hydrogen) atoms. The quantitative estimate of drug-likeness (QED) is 0.643. The Morgan fingerprint density at radius 3 is 1.27 bits per heavy atom. The monoisotopic (exact) mass is 352 g/mol. The fraction of sp³-hybridized carbons (Fsp3) is 0.435. The number of hydrogen-bond donors (Lipinski definition) is 2. The summed E-state index contributed by atoms with van der Waals surface area (Å²) in [6.07, 6.45) is 0. The van der Waals surface area contributed by atoms with Gasteiger partial charge in [0.25, 0.3) is 0 Å². The molecule has 3 nitrogen and oxygen atoms in total. The van der Waals surface area contributed by atoms with Gasteiger partial charge in [-0.05, 0) is 76.9 Å². The molecule has 0 unspecified atom stereocenters. The number of rotatable bonds is 8. The Morgan fingerprint density at radius 1 is 0.654 bits per heavy atom. The number of nitrogens with zero attached hydrogens (tertiary/aromatic N) is 1. The van der Waals surface area contributed by atoms with Crippen molar-refractivity contribution < 1.29 is 0 Å². The minimum Gasteiger partial charge on any atom is -0.456 e. The molecule has 0 aliphatic rings. The number of nitrogens with one attached hydrogen (secondary N) is 2. The van der Waals surface area contributed by atoms with Crippen LogP contribution in [0.5, 0.6) is 0 Å². The maximum atomic E-state index is 4.17. The molecule has 2 aromatic rings. The SMILES string of the molecule is [CH2-]N(CCNc1c(C)cc(C)cc1C)CCNc1c(C)cc(C)cc1C. The first kappa shape index (κ1) is 20.3. The van der Waals surface area contributed by atoms with Crippen LogP contribution in [-0.4, -0.2) is 31.1 Å². The summed E-state index contributed by atoms with van der Waals surface area (Å²) in [6, 6.07) is 8.92. The first-order valence-corrected chi connectivity index (χ1v) is 9.47. The molecule has 0 aliphatic carbocycles. The average molecular weight is 353 g/mol. The normalized spacial score (nSPS) is 11.1. The Hall–Kier alpha value is -2.00. The van der Waals surface area contributed by atoms with Crippen LogP contribution in [0.15, 0.2) is 24.3 Å². The maximum absolute atomic E-state index is 4.17. The molecule has 0 aliphatic heterocycles. The lowest BCUT2D eigenvalue weighted by atomic mass is 10.1. The Labute approximate surface area is 159 Å². The second-order valence-corrected chi connectivity index (χ2v) is 7.52. The summed E-state index contributed by atoms with van der Waals surface area (Å²) in [7, 11) is 4.17. The summed E-state index contributed by atoms with van der Waals surface area (Å²) >= 11 is 0. The minimum atomic E-state index is 0.900. The van der Waals surface area contributed by atoms with Crippen LogP contribution in [0.3, 0.4) is 0 Å². The number of benzene rings is 2.